The summed E-state index contributed by atoms with van der Waals surface area (Å²) in [7, 11) is 0. The van der Waals surface area contributed by atoms with Crippen molar-refractivity contribution in [3.8, 4) is 5.75 Å². The first kappa shape index (κ1) is 16.0. The third kappa shape index (κ3) is 5.08. The molecule has 0 aliphatic carbocycles. The van der Waals surface area contributed by atoms with Gasteiger partial charge in [0.2, 0.25) is 0 Å². The number of aromatic nitrogens is 1. The zero-order valence-corrected chi connectivity index (χ0v) is 13.8. The molecule has 0 N–H and O–H groups in total. The summed E-state index contributed by atoms with van der Waals surface area (Å²) < 4.78 is 10.9. The number of piperazine rings is 1. The lowest BCUT2D eigenvalue weighted by Crippen LogP contribution is -2.46. The molecule has 0 saturated carbocycles. The van der Waals surface area contributed by atoms with Gasteiger partial charge in [-0.25, -0.2) is 0 Å². The normalized spacial score (nSPS) is 16.6. The zero-order valence-electron chi connectivity index (χ0n) is 13.8. The number of hydrogen-bond donors (Lipinski definition) is 0. The van der Waals surface area contributed by atoms with Gasteiger partial charge in [-0.1, -0.05) is 23.4 Å². The smallest absolute Gasteiger partial charge is 0.133 e. The lowest BCUT2D eigenvalue weighted by Gasteiger charge is -2.34. The Morgan fingerprint density at radius 2 is 1.83 bits per heavy atom. The molecule has 1 fully saturated rings. The second kappa shape index (κ2) is 8.13. The highest BCUT2D eigenvalue weighted by Gasteiger charge is 2.17. The van der Waals surface area contributed by atoms with Crippen molar-refractivity contribution in [2.24, 2.45) is 0 Å². The van der Waals surface area contributed by atoms with E-state index in [1.165, 1.54) is 0 Å². The Labute approximate surface area is 137 Å². The minimum atomic E-state index is 0.780. The van der Waals surface area contributed by atoms with Gasteiger partial charge in [-0.15, -0.1) is 0 Å². The van der Waals surface area contributed by atoms with Crippen LogP contribution in [0.5, 0.6) is 5.75 Å². The van der Waals surface area contributed by atoms with E-state index in [0.29, 0.717) is 0 Å². The van der Waals surface area contributed by atoms with Crippen molar-refractivity contribution in [1.29, 1.82) is 0 Å². The molecule has 23 heavy (non-hydrogen) atoms. The molecular weight excluding hydrogens is 290 g/mol. The Bertz CT molecular complexity index is 577. The number of benzene rings is 1. The van der Waals surface area contributed by atoms with Gasteiger partial charge in [0.15, 0.2) is 0 Å². The summed E-state index contributed by atoms with van der Waals surface area (Å²) in [5.74, 6) is 1.84. The summed E-state index contributed by atoms with van der Waals surface area (Å²) in [4.78, 5) is 4.95. The van der Waals surface area contributed by atoms with E-state index in [9.17, 15) is 0 Å². The molecule has 1 aromatic carbocycles. The number of rotatable bonds is 7. The summed E-state index contributed by atoms with van der Waals surface area (Å²) >= 11 is 0. The van der Waals surface area contributed by atoms with Gasteiger partial charge in [0.25, 0.3) is 0 Å². The van der Waals surface area contributed by atoms with Crippen LogP contribution in [0.4, 0.5) is 0 Å². The Kier molecular flexibility index (Phi) is 5.66. The summed E-state index contributed by atoms with van der Waals surface area (Å²) in [5.41, 5.74) is 1.03. The predicted octanol–water partition coefficient (Wildman–Crippen LogP) is 2.57. The van der Waals surface area contributed by atoms with Crippen molar-refractivity contribution in [2.75, 3.05) is 39.3 Å². The van der Waals surface area contributed by atoms with E-state index < -0.39 is 0 Å². The molecule has 0 radical (unpaired) electrons. The first-order chi connectivity index (χ1) is 11.3. The van der Waals surface area contributed by atoms with Crippen LogP contribution in [0, 0.1) is 6.92 Å². The largest absolute Gasteiger partial charge is 0.494 e. The minimum Gasteiger partial charge on any atom is -0.494 e. The highest BCUT2D eigenvalue weighted by Crippen LogP contribution is 2.11. The highest BCUT2D eigenvalue weighted by atomic mass is 16.5. The van der Waals surface area contributed by atoms with Crippen LogP contribution < -0.4 is 4.74 Å². The Morgan fingerprint density at radius 3 is 2.52 bits per heavy atom. The summed E-state index contributed by atoms with van der Waals surface area (Å²) in [6.45, 7) is 9.11. The van der Waals surface area contributed by atoms with Gasteiger partial charge in [0.05, 0.1) is 12.3 Å². The quantitative estimate of drug-likeness (QED) is 0.735. The second-order valence-corrected chi connectivity index (χ2v) is 6.06. The number of aryl methyl sites for hydroxylation is 1. The zero-order chi connectivity index (χ0) is 15.9. The lowest BCUT2D eigenvalue weighted by atomic mass is 10.2. The van der Waals surface area contributed by atoms with Gasteiger partial charge in [0, 0.05) is 45.3 Å². The van der Waals surface area contributed by atoms with Crippen molar-refractivity contribution < 1.29 is 9.26 Å². The molecule has 1 aliphatic heterocycles. The molecule has 1 aliphatic rings. The van der Waals surface area contributed by atoms with E-state index in [2.05, 4.69) is 15.0 Å². The molecule has 124 valence electrons. The van der Waals surface area contributed by atoms with E-state index in [1.54, 1.807) is 0 Å². The molecule has 2 aromatic rings. The highest BCUT2D eigenvalue weighted by molar-refractivity contribution is 5.20. The maximum atomic E-state index is 5.74. The molecule has 1 saturated heterocycles. The molecule has 5 nitrogen and oxygen atoms in total. The first-order valence-electron chi connectivity index (χ1n) is 8.34. The fourth-order valence-electron chi connectivity index (χ4n) is 2.89. The average Bonchev–Trinajstić information content (AvgIpc) is 2.99. The fraction of sp³-hybridized carbons (Fsp3) is 0.500. The van der Waals surface area contributed by atoms with Crippen LogP contribution in [-0.2, 0) is 6.54 Å². The van der Waals surface area contributed by atoms with Crippen LogP contribution in [0.3, 0.4) is 0 Å². The fourth-order valence-corrected chi connectivity index (χ4v) is 2.89. The molecular formula is C18H25N3O2. The standard InChI is InChI=1S/C18H25N3O2/c1-16-14-17(19-23-16)15-21-11-9-20(10-12-21)8-5-13-22-18-6-3-2-4-7-18/h2-4,6-7,14H,5,8-13,15H2,1H3. The van der Waals surface area contributed by atoms with Gasteiger partial charge >= 0.3 is 0 Å². The van der Waals surface area contributed by atoms with Gasteiger partial charge in [-0.3, -0.25) is 4.90 Å². The topological polar surface area (TPSA) is 41.7 Å². The van der Waals surface area contributed by atoms with E-state index in [-0.39, 0.29) is 0 Å². The number of para-hydroxylation sites is 1. The first-order valence-corrected chi connectivity index (χ1v) is 8.34. The maximum absolute atomic E-state index is 5.74. The van der Waals surface area contributed by atoms with Gasteiger partial charge in [-0.2, -0.15) is 0 Å². The van der Waals surface area contributed by atoms with Crippen LogP contribution in [0.1, 0.15) is 17.9 Å². The van der Waals surface area contributed by atoms with Crippen LogP contribution >= 0.6 is 0 Å². The molecule has 0 atom stereocenters. The Hall–Kier alpha value is -1.85. The van der Waals surface area contributed by atoms with E-state index in [1.807, 2.05) is 43.3 Å². The van der Waals surface area contributed by atoms with Gasteiger partial charge in [-0.05, 0) is 25.5 Å². The monoisotopic (exact) mass is 315 g/mol. The Balaban J connectivity index is 1.30. The second-order valence-electron chi connectivity index (χ2n) is 6.06. The predicted molar refractivity (Wildman–Crippen MR) is 89.5 cm³/mol. The molecule has 3 rings (SSSR count). The minimum absolute atomic E-state index is 0.780. The molecule has 5 heteroatoms. The van der Waals surface area contributed by atoms with Crippen molar-refractivity contribution in [2.45, 2.75) is 19.9 Å². The molecule has 1 aromatic heterocycles. The summed E-state index contributed by atoms with van der Waals surface area (Å²) in [5, 5.41) is 4.07. The van der Waals surface area contributed by atoms with Gasteiger partial charge in [0.1, 0.15) is 11.5 Å². The van der Waals surface area contributed by atoms with E-state index >= 15 is 0 Å². The molecule has 0 spiro atoms. The maximum Gasteiger partial charge on any atom is 0.133 e. The third-order valence-corrected chi connectivity index (χ3v) is 4.16. The molecule has 0 bridgehead atoms. The van der Waals surface area contributed by atoms with Crippen LogP contribution in [0.2, 0.25) is 0 Å². The van der Waals surface area contributed by atoms with Crippen LogP contribution in [0.15, 0.2) is 40.9 Å². The van der Waals surface area contributed by atoms with Crippen LogP contribution in [0.25, 0.3) is 0 Å². The van der Waals surface area contributed by atoms with Gasteiger partial charge < -0.3 is 14.2 Å². The van der Waals surface area contributed by atoms with Crippen molar-refractivity contribution >= 4 is 0 Å². The van der Waals surface area contributed by atoms with Crippen LogP contribution in [-0.4, -0.2) is 54.3 Å². The molecule has 0 unspecified atom stereocenters. The van der Waals surface area contributed by atoms with E-state index in [0.717, 1.165) is 69.5 Å². The van der Waals surface area contributed by atoms with Crippen molar-refractivity contribution in [3.05, 3.63) is 47.9 Å². The SMILES string of the molecule is Cc1cc(CN2CCN(CCCOc3ccccc3)CC2)no1. The van der Waals surface area contributed by atoms with E-state index in [4.69, 9.17) is 9.26 Å². The van der Waals surface area contributed by atoms with Crippen molar-refractivity contribution in [3.63, 3.8) is 0 Å². The van der Waals surface area contributed by atoms with Crippen molar-refractivity contribution in [1.82, 2.24) is 15.0 Å². The Morgan fingerprint density at radius 1 is 1.09 bits per heavy atom. The molecule has 0 amide bonds. The summed E-state index contributed by atoms with van der Waals surface area (Å²) in [6, 6.07) is 12.0. The third-order valence-electron chi connectivity index (χ3n) is 4.16. The molecule has 2 heterocycles. The summed E-state index contributed by atoms with van der Waals surface area (Å²) in [6.07, 6.45) is 1.07. The average molecular weight is 315 g/mol. The number of hydrogen-bond acceptors (Lipinski definition) is 5. The lowest BCUT2D eigenvalue weighted by molar-refractivity contribution is 0.119. The number of ether oxygens (including phenoxy) is 1. The number of nitrogens with zero attached hydrogens (tertiary/aromatic N) is 3.